The second-order valence-electron chi connectivity index (χ2n) is 1.54. The van der Waals surface area contributed by atoms with Crippen molar-refractivity contribution >= 4 is 11.9 Å². The Hall–Kier alpha value is 0.277. The van der Waals surface area contributed by atoms with Gasteiger partial charge in [-0.2, -0.15) is 0 Å². The van der Waals surface area contributed by atoms with Crippen molar-refractivity contribution in [2.75, 3.05) is 0 Å². The zero-order valence-corrected chi connectivity index (χ0v) is 8.21. The van der Waals surface area contributed by atoms with Crippen molar-refractivity contribution < 1.29 is 61.5 Å². The molecular formula is C4H7CeNO4. The van der Waals surface area contributed by atoms with Gasteiger partial charge in [-0.05, 0) is 0 Å². The van der Waals surface area contributed by atoms with Crippen LogP contribution in [-0.4, -0.2) is 28.2 Å². The molecule has 0 aliphatic heterocycles. The van der Waals surface area contributed by atoms with E-state index in [1.54, 1.807) is 0 Å². The van der Waals surface area contributed by atoms with Gasteiger partial charge in [0.2, 0.25) is 0 Å². The normalized spacial score (nSPS) is 11.3. The third-order valence-electron chi connectivity index (χ3n) is 0.712. The van der Waals surface area contributed by atoms with Gasteiger partial charge in [0.05, 0.1) is 6.42 Å². The summed E-state index contributed by atoms with van der Waals surface area (Å²) >= 11 is 0. The molecule has 1 unspecified atom stereocenters. The predicted molar refractivity (Wildman–Crippen MR) is 27.9 cm³/mol. The molecule has 5 nitrogen and oxygen atoms in total. The van der Waals surface area contributed by atoms with Gasteiger partial charge in [0.1, 0.15) is 6.04 Å². The monoisotopic (exact) mass is 273 g/mol. The van der Waals surface area contributed by atoms with E-state index >= 15 is 0 Å². The van der Waals surface area contributed by atoms with E-state index in [4.69, 9.17) is 15.9 Å². The van der Waals surface area contributed by atoms with E-state index in [1.165, 1.54) is 0 Å². The summed E-state index contributed by atoms with van der Waals surface area (Å²) in [6.45, 7) is 0. The Labute approximate surface area is 91.0 Å². The maximum Gasteiger partial charge on any atom is 0.321 e. The van der Waals surface area contributed by atoms with Crippen LogP contribution in [0.1, 0.15) is 6.42 Å². The first-order valence-corrected chi connectivity index (χ1v) is 2.24. The molecule has 0 aliphatic rings. The number of aliphatic carboxylic acids is 2. The molecule has 6 heteroatoms. The Morgan fingerprint density at radius 2 is 1.80 bits per heavy atom. The van der Waals surface area contributed by atoms with Gasteiger partial charge in [-0.3, -0.25) is 9.59 Å². The molecule has 56 valence electrons. The van der Waals surface area contributed by atoms with E-state index in [-0.39, 0.29) is 41.7 Å². The van der Waals surface area contributed by atoms with Crippen molar-refractivity contribution in [3.8, 4) is 0 Å². The molecule has 1 atom stereocenters. The van der Waals surface area contributed by atoms with Crippen LogP contribution in [0.25, 0.3) is 0 Å². The molecule has 0 aliphatic carbocycles. The first-order chi connectivity index (χ1) is 4.04. The van der Waals surface area contributed by atoms with E-state index in [0.717, 1.165) is 0 Å². The molecule has 0 radical (unpaired) electrons. The standard InChI is InChI=1S/C4H7NO4.Ce/c5-2(4(8)9)1-3(6)7;/h2H,1,5H2,(H,6,7)(H,8,9);. The average molecular weight is 273 g/mol. The van der Waals surface area contributed by atoms with Crippen LogP contribution in [0.15, 0.2) is 0 Å². The third-order valence-corrected chi connectivity index (χ3v) is 0.712. The Bertz CT molecular complexity index is 137. The number of carboxylic acid groups (broad SMARTS) is 2. The van der Waals surface area contributed by atoms with Crippen molar-refractivity contribution in [1.29, 1.82) is 0 Å². The summed E-state index contributed by atoms with van der Waals surface area (Å²) < 4.78 is 0. The maximum atomic E-state index is 9.85. The molecule has 0 fully saturated rings. The second-order valence-corrected chi connectivity index (χ2v) is 1.54. The van der Waals surface area contributed by atoms with Crippen LogP contribution < -0.4 is 5.73 Å². The number of hydrogen-bond acceptors (Lipinski definition) is 3. The van der Waals surface area contributed by atoms with Gasteiger partial charge in [-0.1, -0.05) is 0 Å². The fourth-order valence-electron chi connectivity index (χ4n) is 0.275. The predicted octanol–water partition coefficient (Wildman–Crippen LogP) is -1.13. The molecule has 0 aromatic rings. The van der Waals surface area contributed by atoms with Crippen molar-refractivity contribution in [3.05, 3.63) is 0 Å². The quantitative estimate of drug-likeness (QED) is 0.604. The summed E-state index contributed by atoms with van der Waals surface area (Å²) in [5.41, 5.74) is 4.84. The molecule has 0 spiro atoms. The van der Waals surface area contributed by atoms with Gasteiger partial charge in [-0.25, -0.2) is 0 Å². The van der Waals surface area contributed by atoms with E-state index in [0.29, 0.717) is 0 Å². The zero-order valence-electron chi connectivity index (χ0n) is 5.07. The molecule has 0 rings (SSSR count). The Morgan fingerprint density at radius 1 is 1.40 bits per heavy atom. The van der Waals surface area contributed by atoms with Gasteiger partial charge in [0, 0.05) is 41.7 Å². The smallest absolute Gasteiger partial charge is 0.321 e. The van der Waals surface area contributed by atoms with Crippen molar-refractivity contribution in [2.24, 2.45) is 5.73 Å². The first-order valence-electron chi connectivity index (χ1n) is 2.24. The summed E-state index contributed by atoms with van der Waals surface area (Å²) in [6.07, 6.45) is -0.532. The van der Waals surface area contributed by atoms with E-state index in [9.17, 15) is 9.59 Å². The third kappa shape index (κ3) is 6.40. The molecule has 0 aromatic heterocycles. The van der Waals surface area contributed by atoms with Crippen LogP contribution in [0.3, 0.4) is 0 Å². The van der Waals surface area contributed by atoms with Gasteiger partial charge in [0.25, 0.3) is 0 Å². The molecule has 0 saturated heterocycles. The molecule has 4 N–H and O–H groups in total. The minimum Gasteiger partial charge on any atom is -0.481 e. The SMILES string of the molecule is NC(CC(=O)O)C(=O)O.[Ce]. The number of rotatable bonds is 3. The van der Waals surface area contributed by atoms with Crippen LogP contribution >= 0.6 is 0 Å². The van der Waals surface area contributed by atoms with Gasteiger partial charge < -0.3 is 15.9 Å². The van der Waals surface area contributed by atoms with Crippen LogP contribution in [-0.2, 0) is 9.59 Å². The van der Waals surface area contributed by atoms with Gasteiger partial charge >= 0.3 is 11.9 Å². The zero-order chi connectivity index (χ0) is 7.44. The fourth-order valence-corrected chi connectivity index (χ4v) is 0.275. The van der Waals surface area contributed by atoms with E-state index < -0.39 is 24.4 Å². The molecule has 0 amide bonds. The minimum absolute atomic E-state index is 0. The van der Waals surface area contributed by atoms with Crippen LogP contribution in [0, 0.1) is 41.7 Å². The summed E-state index contributed by atoms with van der Waals surface area (Å²) in [4.78, 5) is 19.6. The number of carbonyl (C=O) groups is 2. The minimum atomic E-state index is -1.29. The molecule has 0 saturated carbocycles. The number of nitrogens with two attached hydrogens (primary N) is 1. The molecular weight excluding hydrogens is 266 g/mol. The van der Waals surface area contributed by atoms with Crippen molar-refractivity contribution in [2.45, 2.75) is 12.5 Å². The van der Waals surface area contributed by atoms with Crippen LogP contribution in [0.2, 0.25) is 0 Å². The fraction of sp³-hybridized carbons (Fsp3) is 0.500. The summed E-state index contributed by atoms with van der Waals surface area (Å²) in [7, 11) is 0. The van der Waals surface area contributed by atoms with Gasteiger partial charge in [-0.15, -0.1) is 0 Å². The first kappa shape index (κ1) is 12.9. The van der Waals surface area contributed by atoms with Crippen molar-refractivity contribution in [3.63, 3.8) is 0 Å². The van der Waals surface area contributed by atoms with Crippen LogP contribution in [0.5, 0.6) is 0 Å². The largest absolute Gasteiger partial charge is 0.481 e. The number of hydrogen-bond donors (Lipinski definition) is 3. The summed E-state index contributed by atoms with van der Waals surface area (Å²) in [5, 5.41) is 16.0. The topological polar surface area (TPSA) is 101 Å². The summed E-state index contributed by atoms with van der Waals surface area (Å²) in [5.74, 6) is -2.50. The molecule has 10 heavy (non-hydrogen) atoms. The molecule has 0 bridgehead atoms. The van der Waals surface area contributed by atoms with Gasteiger partial charge in [0.15, 0.2) is 0 Å². The Morgan fingerprint density at radius 3 is 1.90 bits per heavy atom. The average Bonchev–Trinajstić information content (AvgIpc) is 1.63. The van der Waals surface area contributed by atoms with Crippen LogP contribution in [0.4, 0.5) is 0 Å². The van der Waals surface area contributed by atoms with E-state index in [2.05, 4.69) is 0 Å². The second kappa shape index (κ2) is 6.02. The maximum absolute atomic E-state index is 9.85. The number of carboxylic acids is 2. The van der Waals surface area contributed by atoms with E-state index in [1.807, 2.05) is 0 Å². The van der Waals surface area contributed by atoms with Crippen molar-refractivity contribution in [1.82, 2.24) is 0 Å². The Balaban J connectivity index is 0. The summed E-state index contributed by atoms with van der Waals surface area (Å²) in [6, 6.07) is -1.29. The molecule has 0 heterocycles. The molecule has 0 aromatic carbocycles. The Kier molecular flexibility index (Phi) is 7.77.